The Morgan fingerprint density at radius 3 is 2.60 bits per heavy atom. The highest BCUT2D eigenvalue weighted by Gasteiger charge is 1.96. The van der Waals surface area contributed by atoms with Gasteiger partial charge in [0.2, 0.25) is 0 Å². The van der Waals surface area contributed by atoms with Gasteiger partial charge in [-0.25, -0.2) is 0 Å². The van der Waals surface area contributed by atoms with E-state index in [1.165, 1.54) is 22.4 Å². The SMILES string of the molecule is NSc1ccccc1CI. The topological polar surface area (TPSA) is 26.0 Å². The van der Waals surface area contributed by atoms with E-state index in [1.54, 1.807) is 0 Å². The largest absolute Gasteiger partial charge is 0.274 e. The Morgan fingerprint density at radius 1 is 1.40 bits per heavy atom. The molecule has 10 heavy (non-hydrogen) atoms. The fraction of sp³-hybridized carbons (Fsp3) is 0.143. The highest BCUT2D eigenvalue weighted by molar-refractivity contribution is 14.1. The molecular formula is C7H8INS. The Labute approximate surface area is 78.7 Å². The van der Waals surface area contributed by atoms with Gasteiger partial charge in [0.15, 0.2) is 0 Å². The van der Waals surface area contributed by atoms with Crippen LogP contribution in [-0.4, -0.2) is 0 Å². The van der Waals surface area contributed by atoms with Crippen LogP contribution in [0.1, 0.15) is 5.56 Å². The molecule has 1 rings (SSSR count). The summed E-state index contributed by atoms with van der Waals surface area (Å²) in [5.41, 5.74) is 1.32. The molecule has 0 amide bonds. The lowest BCUT2D eigenvalue weighted by Gasteiger charge is -2.00. The van der Waals surface area contributed by atoms with Crippen molar-refractivity contribution in [3.05, 3.63) is 29.8 Å². The van der Waals surface area contributed by atoms with Crippen LogP contribution in [0.4, 0.5) is 0 Å². The third kappa shape index (κ3) is 1.87. The van der Waals surface area contributed by atoms with E-state index in [-0.39, 0.29) is 0 Å². The van der Waals surface area contributed by atoms with E-state index in [2.05, 4.69) is 28.7 Å². The summed E-state index contributed by atoms with van der Waals surface area (Å²) >= 11 is 3.65. The van der Waals surface area contributed by atoms with Gasteiger partial charge in [0.05, 0.1) is 0 Å². The molecule has 1 aromatic rings. The maximum Gasteiger partial charge on any atom is 0.0265 e. The Bertz CT molecular complexity index is 192. The number of rotatable bonds is 2. The van der Waals surface area contributed by atoms with Crippen molar-refractivity contribution < 1.29 is 0 Å². The first kappa shape index (κ1) is 8.36. The molecular weight excluding hydrogens is 257 g/mol. The predicted molar refractivity (Wildman–Crippen MR) is 54.2 cm³/mol. The number of halogens is 1. The van der Waals surface area contributed by atoms with E-state index >= 15 is 0 Å². The van der Waals surface area contributed by atoms with E-state index < -0.39 is 0 Å². The molecule has 3 heteroatoms. The number of hydrogen-bond donors (Lipinski definition) is 1. The van der Waals surface area contributed by atoms with E-state index in [0.29, 0.717) is 0 Å². The first-order valence-electron chi connectivity index (χ1n) is 2.89. The van der Waals surface area contributed by atoms with Gasteiger partial charge in [-0.1, -0.05) is 40.8 Å². The zero-order valence-electron chi connectivity index (χ0n) is 5.38. The first-order chi connectivity index (χ1) is 4.88. The highest BCUT2D eigenvalue weighted by Crippen LogP contribution is 2.19. The monoisotopic (exact) mass is 265 g/mol. The third-order valence-corrected chi connectivity index (χ3v) is 2.72. The van der Waals surface area contributed by atoms with Gasteiger partial charge in [0.1, 0.15) is 0 Å². The number of nitrogens with two attached hydrogens (primary N) is 1. The van der Waals surface area contributed by atoms with E-state index in [0.717, 1.165) is 4.43 Å². The molecule has 0 bridgehead atoms. The maximum atomic E-state index is 5.44. The Kier molecular flexibility index (Phi) is 3.51. The summed E-state index contributed by atoms with van der Waals surface area (Å²) in [5.74, 6) is 0. The van der Waals surface area contributed by atoms with Gasteiger partial charge in [0, 0.05) is 9.32 Å². The summed E-state index contributed by atoms with van der Waals surface area (Å²) in [6.07, 6.45) is 0. The van der Waals surface area contributed by atoms with Gasteiger partial charge >= 0.3 is 0 Å². The average molecular weight is 265 g/mol. The zero-order valence-corrected chi connectivity index (χ0v) is 8.35. The van der Waals surface area contributed by atoms with Crippen LogP contribution in [0.2, 0.25) is 0 Å². The minimum atomic E-state index is 1.03. The van der Waals surface area contributed by atoms with Crippen LogP contribution in [0.25, 0.3) is 0 Å². The molecule has 0 aromatic heterocycles. The Hall–Kier alpha value is 0.260. The smallest absolute Gasteiger partial charge is 0.0265 e. The molecule has 1 aromatic carbocycles. The molecule has 0 saturated carbocycles. The van der Waals surface area contributed by atoms with E-state index in [9.17, 15) is 0 Å². The molecule has 0 saturated heterocycles. The molecule has 0 heterocycles. The van der Waals surface area contributed by atoms with Crippen LogP contribution >= 0.6 is 34.5 Å². The molecule has 54 valence electrons. The second-order valence-corrected chi connectivity index (χ2v) is 3.30. The molecule has 0 spiro atoms. The van der Waals surface area contributed by atoms with Gasteiger partial charge in [-0.3, -0.25) is 5.14 Å². The quantitative estimate of drug-likeness (QED) is 0.505. The fourth-order valence-electron chi connectivity index (χ4n) is 0.729. The lowest BCUT2D eigenvalue weighted by Crippen LogP contribution is -1.85. The maximum absolute atomic E-state index is 5.44. The number of hydrogen-bond acceptors (Lipinski definition) is 2. The lowest BCUT2D eigenvalue weighted by molar-refractivity contribution is 1.29. The average Bonchev–Trinajstić information content (AvgIpc) is 2.04. The molecule has 0 aliphatic heterocycles. The minimum Gasteiger partial charge on any atom is -0.274 e. The second-order valence-electron chi connectivity index (χ2n) is 1.86. The number of benzene rings is 1. The summed E-state index contributed by atoms with van der Waals surface area (Å²) < 4.78 is 1.03. The van der Waals surface area contributed by atoms with Crippen molar-refractivity contribution in [2.24, 2.45) is 5.14 Å². The van der Waals surface area contributed by atoms with Crippen molar-refractivity contribution in [2.75, 3.05) is 0 Å². The standard InChI is InChI=1S/C7H8INS/c8-5-6-3-1-2-4-7(6)10-9/h1-4H,5,9H2. The molecule has 2 N–H and O–H groups in total. The molecule has 0 atom stereocenters. The first-order valence-corrected chi connectivity index (χ1v) is 5.29. The van der Waals surface area contributed by atoms with Gasteiger partial charge in [0.25, 0.3) is 0 Å². The summed E-state index contributed by atoms with van der Waals surface area (Å²) in [4.78, 5) is 1.18. The molecule has 0 unspecified atom stereocenters. The van der Waals surface area contributed by atoms with Crippen molar-refractivity contribution in [1.82, 2.24) is 0 Å². The Morgan fingerprint density at radius 2 is 2.10 bits per heavy atom. The Balaban J connectivity index is 2.96. The van der Waals surface area contributed by atoms with E-state index in [4.69, 9.17) is 5.14 Å². The van der Waals surface area contributed by atoms with Crippen LogP contribution < -0.4 is 5.14 Å². The van der Waals surface area contributed by atoms with Crippen LogP contribution in [0, 0.1) is 0 Å². The molecule has 0 aliphatic carbocycles. The minimum absolute atomic E-state index is 1.03. The van der Waals surface area contributed by atoms with Crippen molar-refractivity contribution in [3.63, 3.8) is 0 Å². The third-order valence-electron chi connectivity index (χ3n) is 1.24. The highest BCUT2D eigenvalue weighted by atomic mass is 127. The van der Waals surface area contributed by atoms with Gasteiger partial charge < -0.3 is 0 Å². The molecule has 1 nitrogen and oxygen atoms in total. The molecule has 0 radical (unpaired) electrons. The van der Waals surface area contributed by atoms with Crippen molar-refractivity contribution >= 4 is 34.5 Å². The van der Waals surface area contributed by atoms with Gasteiger partial charge in [-0.15, -0.1) is 0 Å². The fourth-order valence-corrected chi connectivity index (χ4v) is 2.10. The summed E-state index contributed by atoms with van der Waals surface area (Å²) in [7, 11) is 0. The van der Waals surface area contributed by atoms with Crippen molar-refractivity contribution in [2.45, 2.75) is 9.32 Å². The summed E-state index contributed by atoms with van der Waals surface area (Å²) in [6.45, 7) is 0. The van der Waals surface area contributed by atoms with Crippen LogP contribution in [0.3, 0.4) is 0 Å². The lowest BCUT2D eigenvalue weighted by atomic mass is 10.2. The van der Waals surface area contributed by atoms with Crippen molar-refractivity contribution in [1.29, 1.82) is 0 Å². The van der Waals surface area contributed by atoms with E-state index in [1.807, 2.05) is 18.2 Å². The van der Waals surface area contributed by atoms with Gasteiger partial charge in [-0.2, -0.15) is 0 Å². The summed E-state index contributed by atoms with van der Waals surface area (Å²) in [5, 5.41) is 5.44. The zero-order chi connectivity index (χ0) is 7.40. The van der Waals surface area contributed by atoms with Crippen LogP contribution in [0.15, 0.2) is 29.2 Å². The van der Waals surface area contributed by atoms with Crippen LogP contribution in [0.5, 0.6) is 0 Å². The predicted octanol–water partition coefficient (Wildman–Crippen LogP) is 2.59. The van der Waals surface area contributed by atoms with Crippen molar-refractivity contribution in [3.8, 4) is 0 Å². The van der Waals surface area contributed by atoms with Crippen LogP contribution in [-0.2, 0) is 4.43 Å². The molecule has 0 fully saturated rings. The summed E-state index contributed by atoms with van der Waals surface area (Å²) in [6, 6.07) is 8.18. The number of alkyl halides is 1. The van der Waals surface area contributed by atoms with Gasteiger partial charge in [-0.05, 0) is 23.6 Å². The molecule has 0 aliphatic rings. The second kappa shape index (κ2) is 4.20. The normalized spacial score (nSPS) is 9.80.